The highest BCUT2D eigenvalue weighted by molar-refractivity contribution is 5.25. The van der Waals surface area contributed by atoms with E-state index >= 15 is 0 Å². The Morgan fingerprint density at radius 2 is 1.89 bits per heavy atom. The van der Waals surface area contributed by atoms with Crippen molar-refractivity contribution in [3.63, 3.8) is 0 Å². The first-order chi connectivity index (χ1) is 8.75. The van der Waals surface area contributed by atoms with Crippen molar-refractivity contribution in [2.24, 2.45) is 0 Å². The summed E-state index contributed by atoms with van der Waals surface area (Å²) < 4.78 is 0. The van der Waals surface area contributed by atoms with Crippen LogP contribution in [0.15, 0.2) is 36.4 Å². The normalized spacial score (nSPS) is 15.7. The molecule has 0 atom stereocenters. The van der Waals surface area contributed by atoms with Gasteiger partial charge in [-0.05, 0) is 49.3 Å². The maximum Gasteiger partial charge on any atom is 0.00683 e. The van der Waals surface area contributed by atoms with Crippen LogP contribution in [0.5, 0.6) is 0 Å². The first kappa shape index (κ1) is 13.4. The molecule has 1 aromatic rings. The van der Waals surface area contributed by atoms with Crippen molar-refractivity contribution < 1.29 is 0 Å². The van der Waals surface area contributed by atoms with E-state index in [1.165, 1.54) is 24.0 Å². The van der Waals surface area contributed by atoms with E-state index in [2.05, 4.69) is 55.6 Å². The van der Waals surface area contributed by atoms with Gasteiger partial charge in [-0.1, -0.05) is 50.3 Å². The van der Waals surface area contributed by atoms with Crippen LogP contribution in [0.25, 0.3) is 0 Å². The molecule has 1 aromatic carbocycles. The van der Waals surface area contributed by atoms with Gasteiger partial charge in [0.1, 0.15) is 0 Å². The summed E-state index contributed by atoms with van der Waals surface area (Å²) in [5.74, 6) is 0.628. The summed E-state index contributed by atoms with van der Waals surface area (Å²) >= 11 is 0. The summed E-state index contributed by atoms with van der Waals surface area (Å²) in [7, 11) is 0. The summed E-state index contributed by atoms with van der Waals surface area (Å²) in [6.45, 7) is 5.61. The van der Waals surface area contributed by atoms with Gasteiger partial charge in [-0.2, -0.15) is 0 Å². The summed E-state index contributed by atoms with van der Waals surface area (Å²) in [6.07, 6.45) is 9.56. The lowest BCUT2D eigenvalue weighted by atomic mass is 10.0. The Balaban J connectivity index is 1.66. The second-order valence-corrected chi connectivity index (χ2v) is 5.59. The Labute approximate surface area is 111 Å². The smallest absolute Gasteiger partial charge is 0.00683 e. The Morgan fingerprint density at radius 1 is 1.17 bits per heavy atom. The van der Waals surface area contributed by atoms with Crippen LogP contribution < -0.4 is 5.32 Å². The monoisotopic (exact) mass is 243 g/mol. The molecule has 0 saturated heterocycles. The number of allylic oxidation sites excluding steroid dienone is 1. The minimum absolute atomic E-state index is 0.628. The van der Waals surface area contributed by atoms with Gasteiger partial charge >= 0.3 is 0 Å². The molecule has 1 aliphatic carbocycles. The highest BCUT2D eigenvalue weighted by Crippen LogP contribution is 2.18. The van der Waals surface area contributed by atoms with Crippen LogP contribution in [-0.2, 0) is 6.42 Å². The van der Waals surface area contributed by atoms with E-state index in [1.807, 2.05) is 0 Å². The van der Waals surface area contributed by atoms with E-state index in [0.717, 1.165) is 25.4 Å². The molecule has 1 N–H and O–H groups in total. The summed E-state index contributed by atoms with van der Waals surface area (Å²) in [5, 5.41) is 3.52. The second kappa shape index (κ2) is 6.75. The van der Waals surface area contributed by atoms with E-state index in [-0.39, 0.29) is 0 Å². The van der Waals surface area contributed by atoms with Gasteiger partial charge in [-0.15, -0.1) is 0 Å². The molecule has 1 fully saturated rings. The summed E-state index contributed by atoms with van der Waals surface area (Å²) in [6, 6.07) is 9.84. The average molecular weight is 243 g/mol. The minimum atomic E-state index is 0.628. The SMILES string of the molecule is CC(C)c1ccc(CC=CCCNC2CC2)cc1. The van der Waals surface area contributed by atoms with Crippen molar-refractivity contribution in [1.29, 1.82) is 0 Å². The van der Waals surface area contributed by atoms with Crippen LogP contribution in [-0.4, -0.2) is 12.6 Å². The molecule has 18 heavy (non-hydrogen) atoms. The number of hydrogen-bond donors (Lipinski definition) is 1. The van der Waals surface area contributed by atoms with Crippen molar-refractivity contribution in [2.45, 2.75) is 51.5 Å². The Bertz CT molecular complexity index is 371. The highest BCUT2D eigenvalue weighted by Gasteiger charge is 2.19. The van der Waals surface area contributed by atoms with Crippen molar-refractivity contribution in [3.8, 4) is 0 Å². The fourth-order valence-electron chi connectivity index (χ4n) is 2.03. The molecule has 98 valence electrons. The van der Waals surface area contributed by atoms with Crippen molar-refractivity contribution in [1.82, 2.24) is 5.32 Å². The largest absolute Gasteiger partial charge is 0.314 e. The zero-order valence-corrected chi connectivity index (χ0v) is 11.7. The van der Waals surface area contributed by atoms with Crippen LogP contribution in [0.4, 0.5) is 0 Å². The standard InChI is InChI=1S/C17H25N/c1-14(2)16-9-7-15(8-10-16)6-4-3-5-13-18-17-11-12-17/h3-4,7-10,14,17-18H,5-6,11-13H2,1-2H3. The maximum absolute atomic E-state index is 3.52. The Hall–Kier alpha value is -1.08. The molecule has 0 radical (unpaired) electrons. The van der Waals surface area contributed by atoms with Gasteiger partial charge in [-0.25, -0.2) is 0 Å². The fraction of sp³-hybridized carbons (Fsp3) is 0.529. The third-order valence-electron chi connectivity index (χ3n) is 3.49. The zero-order chi connectivity index (χ0) is 12.8. The third-order valence-corrected chi connectivity index (χ3v) is 3.49. The molecule has 1 nitrogen and oxygen atoms in total. The molecule has 0 bridgehead atoms. The Kier molecular flexibility index (Phi) is 5.00. The van der Waals surface area contributed by atoms with Gasteiger partial charge in [0.2, 0.25) is 0 Å². The number of hydrogen-bond acceptors (Lipinski definition) is 1. The number of benzene rings is 1. The van der Waals surface area contributed by atoms with E-state index in [9.17, 15) is 0 Å². The molecule has 1 heteroatoms. The lowest BCUT2D eigenvalue weighted by Crippen LogP contribution is -2.16. The van der Waals surface area contributed by atoms with Gasteiger partial charge < -0.3 is 5.32 Å². The predicted molar refractivity (Wildman–Crippen MR) is 79.0 cm³/mol. The molecular formula is C17H25N. The third kappa shape index (κ3) is 4.66. The van der Waals surface area contributed by atoms with Gasteiger partial charge in [0.25, 0.3) is 0 Å². The molecule has 1 aliphatic rings. The maximum atomic E-state index is 3.52. The summed E-state index contributed by atoms with van der Waals surface area (Å²) in [5.41, 5.74) is 2.84. The first-order valence-corrected chi connectivity index (χ1v) is 7.23. The van der Waals surface area contributed by atoms with Crippen LogP contribution in [0, 0.1) is 0 Å². The van der Waals surface area contributed by atoms with Gasteiger partial charge in [0.15, 0.2) is 0 Å². The minimum Gasteiger partial charge on any atom is -0.314 e. The topological polar surface area (TPSA) is 12.0 Å². The molecule has 0 heterocycles. The average Bonchev–Trinajstić information content (AvgIpc) is 3.18. The molecule has 0 amide bonds. The molecule has 0 spiro atoms. The van der Waals surface area contributed by atoms with Crippen LogP contribution in [0.3, 0.4) is 0 Å². The molecule has 0 aromatic heterocycles. The quantitative estimate of drug-likeness (QED) is 0.563. The van der Waals surface area contributed by atoms with E-state index < -0.39 is 0 Å². The molecule has 0 aliphatic heterocycles. The van der Waals surface area contributed by atoms with Crippen molar-refractivity contribution >= 4 is 0 Å². The highest BCUT2D eigenvalue weighted by atomic mass is 14.9. The van der Waals surface area contributed by atoms with E-state index in [4.69, 9.17) is 0 Å². The van der Waals surface area contributed by atoms with E-state index in [0.29, 0.717) is 5.92 Å². The lowest BCUT2D eigenvalue weighted by Gasteiger charge is -2.05. The molecule has 1 saturated carbocycles. The zero-order valence-electron chi connectivity index (χ0n) is 11.7. The van der Waals surface area contributed by atoms with E-state index in [1.54, 1.807) is 0 Å². The summed E-state index contributed by atoms with van der Waals surface area (Å²) in [4.78, 5) is 0. The van der Waals surface area contributed by atoms with Crippen LogP contribution in [0.1, 0.15) is 50.2 Å². The van der Waals surface area contributed by atoms with Crippen molar-refractivity contribution in [2.75, 3.05) is 6.54 Å². The van der Waals surface area contributed by atoms with Crippen LogP contribution >= 0.6 is 0 Å². The molecule has 2 rings (SSSR count). The van der Waals surface area contributed by atoms with Gasteiger partial charge in [-0.3, -0.25) is 0 Å². The van der Waals surface area contributed by atoms with Gasteiger partial charge in [0.05, 0.1) is 0 Å². The molecular weight excluding hydrogens is 218 g/mol. The number of nitrogens with one attached hydrogen (secondary N) is 1. The second-order valence-electron chi connectivity index (χ2n) is 5.59. The Morgan fingerprint density at radius 3 is 2.50 bits per heavy atom. The number of rotatable bonds is 7. The molecule has 0 unspecified atom stereocenters. The first-order valence-electron chi connectivity index (χ1n) is 7.23. The van der Waals surface area contributed by atoms with Gasteiger partial charge in [0, 0.05) is 6.04 Å². The fourth-order valence-corrected chi connectivity index (χ4v) is 2.03. The van der Waals surface area contributed by atoms with Crippen LogP contribution in [0.2, 0.25) is 0 Å². The lowest BCUT2D eigenvalue weighted by molar-refractivity contribution is 0.690. The predicted octanol–water partition coefficient (Wildman–Crippen LogP) is 4.05. The van der Waals surface area contributed by atoms with Crippen molar-refractivity contribution in [3.05, 3.63) is 47.5 Å².